The number of halogens is 2. The Labute approximate surface area is 133 Å². The zero-order chi connectivity index (χ0) is 17.0. The van der Waals surface area contributed by atoms with Gasteiger partial charge in [-0.2, -0.15) is 0 Å². The van der Waals surface area contributed by atoms with Gasteiger partial charge in [-0.3, -0.25) is 4.72 Å². The Bertz CT molecular complexity index is 795. The third-order valence-electron chi connectivity index (χ3n) is 3.11. The topological polar surface area (TPSA) is 71.1 Å². The highest BCUT2D eigenvalue weighted by atomic mass is 32.2. The van der Waals surface area contributed by atoms with E-state index in [2.05, 4.69) is 15.0 Å². The lowest BCUT2D eigenvalue weighted by Crippen LogP contribution is -2.23. The minimum Gasteiger partial charge on any atom is -0.381 e. The number of pyridine rings is 1. The summed E-state index contributed by atoms with van der Waals surface area (Å²) in [5.74, 6) is -1.64. The molecule has 0 atom stereocenters. The lowest BCUT2D eigenvalue weighted by atomic mass is 10.2. The van der Waals surface area contributed by atoms with Crippen molar-refractivity contribution in [3.8, 4) is 0 Å². The van der Waals surface area contributed by atoms with Gasteiger partial charge in [-0.25, -0.2) is 22.2 Å². The molecule has 1 heterocycles. The number of nitrogens with zero attached hydrogens (tertiary/aromatic N) is 1. The number of nitrogens with one attached hydrogen (secondary N) is 2. The van der Waals surface area contributed by atoms with Crippen LogP contribution in [0.15, 0.2) is 36.5 Å². The highest BCUT2D eigenvalue weighted by Gasteiger charge is 2.16. The van der Waals surface area contributed by atoms with Gasteiger partial charge in [-0.1, -0.05) is 0 Å². The summed E-state index contributed by atoms with van der Waals surface area (Å²) in [5.41, 5.74) is 1.16. The molecule has 0 aliphatic carbocycles. The second-order valence-electron chi connectivity index (χ2n) is 5.23. The van der Waals surface area contributed by atoms with Crippen molar-refractivity contribution in [2.75, 3.05) is 10.0 Å². The summed E-state index contributed by atoms with van der Waals surface area (Å²) in [6.07, 6.45) is 1.47. The molecule has 0 amide bonds. The van der Waals surface area contributed by atoms with Crippen LogP contribution < -0.4 is 10.0 Å². The second-order valence-corrected chi connectivity index (χ2v) is 7.46. The maximum atomic E-state index is 13.1. The zero-order valence-corrected chi connectivity index (χ0v) is 13.5. The Hall–Kier alpha value is -2.22. The third kappa shape index (κ3) is 4.62. The largest absolute Gasteiger partial charge is 0.381 e. The SMILES string of the molecule is CC(C)S(=O)(=O)Nc1cc(CNc2ccc(F)c(F)c2)ccn1. The highest BCUT2D eigenvalue weighted by Crippen LogP contribution is 2.16. The predicted molar refractivity (Wildman–Crippen MR) is 85.6 cm³/mol. The van der Waals surface area contributed by atoms with E-state index in [1.54, 1.807) is 26.0 Å². The molecule has 2 rings (SSSR count). The maximum Gasteiger partial charge on any atom is 0.236 e. The number of hydrogen-bond donors (Lipinski definition) is 2. The van der Waals surface area contributed by atoms with Gasteiger partial charge in [0.2, 0.25) is 10.0 Å². The lowest BCUT2D eigenvalue weighted by Gasteiger charge is -2.11. The van der Waals surface area contributed by atoms with Crippen molar-refractivity contribution < 1.29 is 17.2 Å². The molecule has 0 bridgehead atoms. The summed E-state index contributed by atoms with van der Waals surface area (Å²) in [6.45, 7) is 3.44. The van der Waals surface area contributed by atoms with Crippen molar-refractivity contribution in [3.05, 3.63) is 53.7 Å². The van der Waals surface area contributed by atoms with E-state index in [9.17, 15) is 17.2 Å². The molecule has 2 aromatic rings. The van der Waals surface area contributed by atoms with Crippen molar-refractivity contribution in [2.24, 2.45) is 0 Å². The standard InChI is InChI=1S/C15H17F2N3O2S/c1-10(2)23(21,22)20-15-7-11(5-6-18-15)9-19-12-3-4-13(16)14(17)8-12/h3-8,10,19H,9H2,1-2H3,(H,18,20). The number of sulfonamides is 1. The summed E-state index contributed by atoms with van der Waals surface area (Å²) in [5, 5.41) is 2.35. The molecule has 23 heavy (non-hydrogen) atoms. The van der Waals surface area contributed by atoms with E-state index in [1.165, 1.54) is 12.3 Å². The predicted octanol–water partition coefficient (Wildman–Crippen LogP) is 3.12. The Kier molecular flexibility index (Phi) is 5.15. The Morgan fingerprint density at radius 2 is 1.87 bits per heavy atom. The first-order valence-corrected chi connectivity index (χ1v) is 8.48. The van der Waals surface area contributed by atoms with Gasteiger partial charge in [0.25, 0.3) is 0 Å². The quantitative estimate of drug-likeness (QED) is 0.847. The van der Waals surface area contributed by atoms with Crippen molar-refractivity contribution in [1.29, 1.82) is 0 Å². The van der Waals surface area contributed by atoms with Crippen LogP contribution in [-0.2, 0) is 16.6 Å². The van der Waals surface area contributed by atoms with Crippen LogP contribution in [0.1, 0.15) is 19.4 Å². The Morgan fingerprint density at radius 3 is 2.52 bits per heavy atom. The van der Waals surface area contributed by atoms with Crippen molar-refractivity contribution in [1.82, 2.24) is 4.98 Å². The minimum absolute atomic E-state index is 0.211. The van der Waals surface area contributed by atoms with Crippen molar-refractivity contribution in [2.45, 2.75) is 25.6 Å². The van der Waals surface area contributed by atoms with Gasteiger partial charge in [0.05, 0.1) is 5.25 Å². The normalized spacial score (nSPS) is 11.5. The van der Waals surface area contributed by atoms with Gasteiger partial charge in [-0.05, 0) is 43.7 Å². The smallest absolute Gasteiger partial charge is 0.236 e. The van der Waals surface area contributed by atoms with Gasteiger partial charge in [0.15, 0.2) is 11.6 Å². The number of benzene rings is 1. The van der Waals surface area contributed by atoms with Crippen LogP contribution in [0, 0.1) is 11.6 Å². The fraction of sp³-hybridized carbons (Fsp3) is 0.267. The van der Waals surface area contributed by atoms with Gasteiger partial charge in [0.1, 0.15) is 5.82 Å². The van der Waals surface area contributed by atoms with E-state index in [4.69, 9.17) is 0 Å². The van der Waals surface area contributed by atoms with Crippen LogP contribution in [0.3, 0.4) is 0 Å². The van der Waals surface area contributed by atoms with Crippen molar-refractivity contribution >= 4 is 21.5 Å². The number of hydrogen-bond acceptors (Lipinski definition) is 4. The molecule has 124 valence electrons. The molecule has 8 heteroatoms. The molecule has 0 radical (unpaired) electrons. The lowest BCUT2D eigenvalue weighted by molar-refractivity contribution is 0.509. The molecular weight excluding hydrogens is 324 g/mol. The summed E-state index contributed by atoms with van der Waals surface area (Å²) < 4.78 is 52.0. The maximum absolute atomic E-state index is 13.1. The van der Waals surface area contributed by atoms with Gasteiger partial charge in [0, 0.05) is 24.5 Å². The van der Waals surface area contributed by atoms with Crippen LogP contribution >= 0.6 is 0 Å². The van der Waals surface area contributed by atoms with Crippen LogP contribution in [0.5, 0.6) is 0 Å². The highest BCUT2D eigenvalue weighted by molar-refractivity contribution is 7.93. The molecule has 0 aliphatic rings. The fourth-order valence-electron chi connectivity index (χ4n) is 1.71. The second kappa shape index (κ2) is 6.91. The number of anilines is 2. The molecule has 0 unspecified atom stereocenters. The van der Waals surface area contributed by atoms with E-state index in [0.29, 0.717) is 12.2 Å². The van der Waals surface area contributed by atoms with E-state index in [1.807, 2.05) is 0 Å². The molecule has 0 aliphatic heterocycles. The van der Waals surface area contributed by atoms with E-state index in [-0.39, 0.29) is 5.82 Å². The van der Waals surface area contributed by atoms with E-state index >= 15 is 0 Å². The van der Waals surface area contributed by atoms with Gasteiger partial charge < -0.3 is 5.32 Å². The average Bonchev–Trinajstić information content (AvgIpc) is 2.48. The molecular formula is C15H17F2N3O2S. The van der Waals surface area contributed by atoms with Crippen molar-refractivity contribution in [3.63, 3.8) is 0 Å². The average molecular weight is 341 g/mol. The molecule has 0 fully saturated rings. The summed E-state index contributed by atoms with van der Waals surface area (Å²) >= 11 is 0. The first kappa shape index (κ1) is 17.1. The molecule has 5 nitrogen and oxygen atoms in total. The Balaban J connectivity index is 2.07. The summed E-state index contributed by atoms with van der Waals surface area (Å²) in [6, 6.07) is 6.78. The molecule has 1 aromatic carbocycles. The van der Waals surface area contributed by atoms with Crippen LogP contribution in [0.25, 0.3) is 0 Å². The zero-order valence-electron chi connectivity index (χ0n) is 12.7. The van der Waals surface area contributed by atoms with Crippen LogP contribution in [-0.4, -0.2) is 18.7 Å². The fourth-order valence-corrected chi connectivity index (χ4v) is 2.35. The first-order chi connectivity index (χ1) is 10.8. The van der Waals surface area contributed by atoms with Gasteiger partial charge >= 0.3 is 0 Å². The first-order valence-electron chi connectivity index (χ1n) is 6.93. The third-order valence-corrected chi connectivity index (χ3v) is 4.84. The summed E-state index contributed by atoms with van der Waals surface area (Å²) in [7, 11) is -3.47. The van der Waals surface area contributed by atoms with E-state index < -0.39 is 26.9 Å². The minimum atomic E-state index is -3.47. The molecule has 0 saturated heterocycles. The summed E-state index contributed by atoms with van der Waals surface area (Å²) in [4.78, 5) is 3.96. The van der Waals surface area contributed by atoms with Crippen LogP contribution in [0.4, 0.5) is 20.3 Å². The Morgan fingerprint density at radius 1 is 1.13 bits per heavy atom. The molecule has 0 saturated carbocycles. The monoisotopic (exact) mass is 341 g/mol. The molecule has 0 spiro atoms. The number of aromatic nitrogens is 1. The van der Waals surface area contributed by atoms with Gasteiger partial charge in [-0.15, -0.1) is 0 Å². The molecule has 1 aromatic heterocycles. The van der Waals surface area contributed by atoms with Crippen LogP contribution in [0.2, 0.25) is 0 Å². The molecule has 2 N–H and O–H groups in total. The van der Waals surface area contributed by atoms with E-state index in [0.717, 1.165) is 17.7 Å². The number of rotatable bonds is 6.